The molecule has 0 amide bonds. The summed E-state index contributed by atoms with van der Waals surface area (Å²) in [5.74, 6) is -0.415. The lowest BCUT2D eigenvalue weighted by Crippen LogP contribution is -2.28. The Morgan fingerprint density at radius 1 is 1.33 bits per heavy atom. The molecule has 0 saturated heterocycles. The molecule has 2 aromatic rings. The summed E-state index contributed by atoms with van der Waals surface area (Å²) in [6.07, 6.45) is 0. The number of aryl methyl sites for hydroxylation is 1. The van der Waals surface area contributed by atoms with E-state index in [2.05, 4.69) is 15.4 Å². The third kappa shape index (κ3) is 2.16. The van der Waals surface area contributed by atoms with Gasteiger partial charge in [0.2, 0.25) is 5.95 Å². The van der Waals surface area contributed by atoms with E-state index < -0.39 is 12.0 Å². The first-order chi connectivity index (χ1) is 9.97. The van der Waals surface area contributed by atoms with Crippen molar-refractivity contribution in [2.75, 3.05) is 5.32 Å². The van der Waals surface area contributed by atoms with Crippen LogP contribution in [0.2, 0.25) is 0 Å². The predicted octanol–water partition coefficient (Wildman–Crippen LogP) is 2.10. The van der Waals surface area contributed by atoms with E-state index in [1.165, 1.54) is 16.8 Å². The predicted molar refractivity (Wildman–Crippen MR) is 73.3 cm³/mol. The molecule has 0 fully saturated rings. The monoisotopic (exact) mass is 288 g/mol. The molecule has 1 unspecified atom stereocenters. The van der Waals surface area contributed by atoms with Gasteiger partial charge in [0.15, 0.2) is 0 Å². The normalized spacial score (nSPS) is 17.4. The number of carboxylic acids is 1. The summed E-state index contributed by atoms with van der Waals surface area (Å²) in [6.45, 7) is 3.40. The molecule has 2 N–H and O–H groups in total. The Bertz CT molecular complexity index is 749. The van der Waals surface area contributed by atoms with Crippen LogP contribution in [0, 0.1) is 12.7 Å². The van der Waals surface area contributed by atoms with E-state index in [9.17, 15) is 14.3 Å². The number of nitrogens with zero attached hydrogens (tertiary/aromatic N) is 3. The van der Waals surface area contributed by atoms with Crippen molar-refractivity contribution in [1.82, 2.24) is 14.8 Å². The average molecular weight is 288 g/mol. The van der Waals surface area contributed by atoms with Crippen LogP contribution in [-0.4, -0.2) is 25.8 Å². The Morgan fingerprint density at radius 3 is 2.62 bits per heavy atom. The van der Waals surface area contributed by atoms with Gasteiger partial charge in [-0.1, -0.05) is 12.1 Å². The van der Waals surface area contributed by atoms with E-state index in [0.29, 0.717) is 23.0 Å². The van der Waals surface area contributed by atoms with Gasteiger partial charge in [0.25, 0.3) is 0 Å². The Hall–Kier alpha value is -2.70. The van der Waals surface area contributed by atoms with Gasteiger partial charge in [0.05, 0.1) is 5.57 Å². The van der Waals surface area contributed by atoms with E-state index in [0.717, 1.165) is 0 Å². The molecule has 1 aromatic heterocycles. The zero-order valence-electron chi connectivity index (χ0n) is 11.5. The molecule has 1 aromatic carbocycles. The molecule has 1 aliphatic heterocycles. The van der Waals surface area contributed by atoms with Crippen molar-refractivity contribution in [3.05, 3.63) is 52.7 Å². The summed E-state index contributed by atoms with van der Waals surface area (Å²) in [5, 5.41) is 16.7. The number of carboxylic acid groups (broad SMARTS) is 1. The van der Waals surface area contributed by atoms with Gasteiger partial charge in [0, 0.05) is 5.70 Å². The van der Waals surface area contributed by atoms with Crippen molar-refractivity contribution in [3.63, 3.8) is 0 Å². The van der Waals surface area contributed by atoms with Crippen molar-refractivity contribution >= 4 is 11.9 Å². The molecule has 0 radical (unpaired) electrons. The van der Waals surface area contributed by atoms with Gasteiger partial charge >= 0.3 is 5.97 Å². The van der Waals surface area contributed by atoms with Gasteiger partial charge in [-0.2, -0.15) is 10.1 Å². The number of anilines is 1. The smallest absolute Gasteiger partial charge is 0.335 e. The molecule has 0 saturated carbocycles. The lowest BCUT2D eigenvalue weighted by molar-refractivity contribution is -0.133. The fourth-order valence-corrected chi connectivity index (χ4v) is 2.49. The number of hydrogen-bond acceptors (Lipinski definition) is 4. The fraction of sp³-hybridized carbons (Fsp3) is 0.214. The lowest BCUT2D eigenvalue weighted by Gasteiger charge is -2.27. The van der Waals surface area contributed by atoms with Crippen molar-refractivity contribution < 1.29 is 14.3 Å². The van der Waals surface area contributed by atoms with Crippen LogP contribution in [0.1, 0.15) is 24.4 Å². The number of nitrogens with one attached hydrogen (secondary N) is 1. The third-order valence-corrected chi connectivity index (χ3v) is 3.37. The molecular formula is C14H13FN4O2. The molecule has 0 bridgehead atoms. The number of carbonyl (C=O) groups is 1. The molecule has 21 heavy (non-hydrogen) atoms. The molecule has 7 heteroatoms. The van der Waals surface area contributed by atoms with Crippen molar-refractivity contribution in [1.29, 1.82) is 0 Å². The summed E-state index contributed by atoms with van der Waals surface area (Å²) in [6, 6.07) is 5.08. The highest BCUT2D eigenvalue weighted by Gasteiger charge is 2.33. The van der Waals surface area contributed by atoms with Crippen LogP contribution in [0.3, 0.4) is 0 Å². The summed E-state index contributed by atoms with van der Waals surface area (Å²) in [4.78, 5) is 15.8. The van der Waals surface area contributed by atoms with Gasteiger partial charge in [-0.3, -0.25) is 0 Å². The van der Waals surface area contributed by atoms with Crippen LogP contribution < -0.4 is 5.32 Å². The van der Waals surface area contributed by atoms with Crippen molar-refractivity contribution in [3.8, 4) is 0 Å². The van der Waals surface area contributed by atoms with Crippen molar-refractivity contribution in [2.24, 2.45) is 0 Å². The van der Waals surface area contributed by atoms with Gasteiger partial charge in [-0.25, -0.2) is 13.9 Å². The van der Waals surface area contributed by atoms with E-state index in [1.807, 2.05) is 0 Å². The summed E-state index contributed by atoms with van der Waals surface area (Å²) < 4.78 is 14.6. The van der Waals surface area contributed by atoms with Crippen LogP contribution in [-0.2, 0) is 4.79 Å². The van der Waals surface area contributed by atoms with Gasteiger partial charge in [-0.05, 0) is 31.5 Å². The van der Waals surface area contributed by atoms with E-state index in [4.69, 9.17) is 0 Å². The number of fused-ring (bicyclic) bond motifs is 1. The maximum atomic E-state index is 13.1. The SMILES string of the molecule is CC1=C(C(=O)O)C(c2ccc(F)cc2)n2nc(C)nc2N1. The number of halogens is 1. The van der Waals surface area contributed by atoms with Crippen molar-refractivity contribution in [2.45, 2.75) is 19.9 Å². The Balaban J connectivity index is 2.21. The highest BCUT2D eigenvalue weighted by Crippen LogP contribution is 2.34. The minimum atomic E-state index is -1.05. The maximum Gasteiger partial charge on any atom is 0.335 e. The first-order valence-corrected chi connectivity index (χ1v) is 6.37. The second kappa shape index (κ2) is 4.69. The lowest BCUT2D eigenvalue weighted by atomic mass is 9.96. The van der Waals surface area contributed by atoms with E-state index in [1.54, 1.807) is 26.0 Å². The minimum Gasteiger partial charge on any atom is -0.478 e. The fourth-order valence-electron chi connectivity index (χ4n) is 2.49. The number of aliphatic carboxylic acids is 1. The quantitative estimate of drug-likeness (QED) is 0.884. The number of benzene rings is 1. The molecule has 6 nitrogen and oxygen atoms in total. The Labute approximate surface area is 119 Å². The zero-order chi connectivity index (χ0) is 15.1. The number of allylic oxidation sites excluding steroid dienone is 1. The van der Waals surface area contributed by atoms with E-state index >= 15 is 0 Å². The molecule has 1 aliphatic rings. The van der Waals surface area contributed by atoms with Crippen LogP contribution in [0.15, 0.2) is 35.5 Å². The van der Waals surface area contributed by atoms with Crippen LogP contribution >= 0.6 is 0 Å². The average Bonchev–Trinajstić information content (AvgIpc) is 2.77. The van der Waals surface area contributed by atoms with Crippen LogP contribution in [0.25, 0.3) is 0 Å². The highest BCUT2D eigenvalue weighted by molar-refractivity contribution is 5.90. The summed E-state index contributed by atoms with van der Waals surface area (Å²) in [7, 11) is 0. The Kier molecular flexibility index (Phi) is 2.97. The van der Waals surface area contributed by atoms with Gasteiger partial charge < -0.3 is 10.4 Å². The first-order valence-electron chi connectivity index (χ1n) is 6.37. The van der Waals surface area contributed by atoms with Crippen LogP contribution in [0.4, 0.5) is 10.3 Å². The summed E-state index contributed by atoms with van der Waals surface area (Å²) >= 11 is 0. The minimum absolute atomic E-state index is 0.166. The summed E-state index contributed by atoms with van der Waals surface area (Å²) in [5.41, 5.74) is 1.30. The largest absolute Gasteiger partial charge is 0.478 e. The zero-order valence-corrected chi connectivity index (χ0v) is 11.5. The van der Waals surface area contributed by atoms with E-state index in [-0.39, 0.29) is 11.4 Å². The van der Waals surface area contributed by atoms with Gasteiger partial charge in [0.1, 0.15) is 17.7 Å². The highest BCUT2D eigenvalue weighted by atomic mass is 19.1. The number of aromatic nitrogens is 3. The molecular weight excluding hydrogens is 275 g/mol. The molecule has 2 heterocycles. The molecule has 3 rings (SSSR count). The molecule has 1 atom stereocenters. The Morgan fingerprint density at radius 2 is 2.00 bits per heavy atom. The van der Waals surface area contributed by atoms with Crippen LogP contribution in [0.5, 0.6) is 0 Å². The molecule has 0 spiro atoms. The topological polar surface area (TPSA) is 80.0 Å². The molecule has 108 valence electrons. The van der Waals surface area contributed by atoms with Gasteiger partial charge in [-0.15, -0.1) is 0 Å². The molecule has 0 aliphatic carbocycles. The third-order valence-electron chi connectivity index (χ3n) is 3.37. The maximum absolute atomic E-state index is 13.1. The number of rotatable bonds is 2. The second-order valence-electron chi connectivity index (χ2n) is 4.85. The number of hydrogen-bond donors (Lipinski definition) is 2. The second-order valence-corrected chi connectivity index (χ2v) is 4.85. The first kappa shape index (κ1) is 13.3. The standard InChI is InChI=1S/C14H13FN4O2/c1-7-11(13(20)21)12(9-3-5-10(15)6-4-9)19-14(16-7)17-8(2)18-19/h3-6,12H,1-2H3,(H,20,21)(H,16,17,18).